The summed E-state index contributed by atoms with van der Waals surface area (Å²) in [6.45, 7) is 3.93. The summed E-state index contributed by atoms with van der Waals surface area (Å²) in [7, 11) is 0. The minimum atomic E-state index is -0.428. The van der Waals surface area contributed by atoms with Crippen LogP contribution < -0.4 is 16.2 Å². The van der Waals surface area contributed by atoms with E-state index in [9.17, 15) is 4.79 Å². The van der Waals surface area contributed by atoms with Gasteiger partial charge in [-0.1, -0.05) is 18.2 Å². The Bertz CT molecular complexity index is 487. The zero-order chi connectivity index (χ0) is 13.5. The second kappa shape index (κ2) is 6.57. The standard InChI is InChI=1S/C12H14N4OS/c1-8-4-3-5-9(2)11(8)14-12(18)16-15-10(17)6-7-13/h3-5H,6H2,1-2H3,(H,15,17)(H2,14,16,18). The first-order valence-electron chi connectivity index (χ1n) is 5.33. The molecule has 0 bridgehead atoms. The summed E-state index contributed by atoms with van der Waals surface area (Å²) in [6.07, 6.45) is -0.209. The van der Waals surface area contributed by atoms with E-state index >= 15 is 0 Å². The first kappa shape index (κ1) is 13.9. The molecular formula is C12H14N4OS. The maximum absolute atomic E-state index is 11.1. The Kier molecular flexibility index (Phi) is 5.08. The van der Waals surface area contributed by atoms with E-state index < -0.39 is 5.91 Å². The van der Waals surface area contributed by atoms with E-state index in [1.807, 2.05) is 32.0 Å². The van der Waals surface area contributed by atoms with Crippen molar-refractivity contribution in [3.05, 3.63) is 29.3 Å². The lowest BCUT2D eigenvalue weighted by molar-refractivity contribution is -0.120. The number of rotatable bonds is 2. The predicted molar refractivity (Wildman–Crippen MR) is 73.6 cm³/mol. The maximum Gasteiger partial charge on any atom is 0.252 e. The molecule has 0 atom stereocenters. The van der Waals surface area contributed by atoms with Crippen LogP contribution >= 0.6 is 12.2 Å². The molecule has 1 aromatic carbocycles. The second-order valence-corrected chi connectivity index (χ2v) is 4.14. The number of amides is 1. The molecule has 0 heterocycles. The van der Waals surface area contributed by atoms with Crippen molar-refractivity contribution in [3.8, 4) is 6.07 Å². The molecule has 0 spiro atoms. The number of para-hydroxylation sites is 1. The van der Waals surface area contributed by atoms with Crippen molar-refractivity contribution in [2.45, 2.75) is 20.3 Å². The van der Waals surface area contributed by atoms with E-state index in [0.29, 0.717) is 0 Å². The molecular weight excluding hydrogens is 248 g/mol. The molecule has 0 aliphatic heterocycles. The third-order valence-corrected chi connectivity index (χ3v) is 2.48. The summed E-state index contributed by atoms with van der Waals surface area (Å²) in [5.41, 5.74) is 7.89. The number of thiocarbonyl (C=S) groups is 1. The Morgan fingerprint density at radius 2 is 1.94 bits per heavy atom. The highest BCUT2D eigenvalue weighted by Gasteiger charge is 2.05. The highest BCUT2D eigenvalue weighted by Crippen LogP contribution is 2.18. The lowest BCUT2D eigenvalue weighted by atomic mass is 10.1. The Hall–Kier alpha value is -2.13. The molecule has 0 saturated carbocycles. The van der Waals surface area contributed by atoms with Gasteiger partial charge < -0.3 is 5.32 Å². The third kappa shape index (κ3) is 4.03. The molecule has 18 heavy (non-hydrogen) atoms. The monoisotopic (exact) mass is 262 g/mol. The van der Waals surface area contributed by atoms with Crippen molar-refractivity contribution >= 4 is 28.9 Å². The first-order chi connectivity index (χ1) is 8.54. The molecule has 3 N–H and O–H groups in total. The Morgan fingerprint density at radius 1 is 1.33 bits per heavy atom. The Balaban J connectivity index is 2.56. The molecule has 0 aliphatic carbocycles. The average Bonchev–Trinajstić information content (AvgIpc) is 2.32. The van der Waals surface area contributed by atoms with E-state index in [1.54, 1.807) is 6.07 Å². The number of carbonyl (C=O) groups is 1. The van der Waals surface area contributed by atoms with Crippen molar-refractivity contribution in [1.82, 2.24) is 10.9 Å². The highest BCUT2D eigenvalue weighted by atomic mass is 32.1. The quantitative estimate of drug-likeness (QED) is 0.556. The number of carbonyl (C=O) groups excluding carboxylic acids is 1. The highest BCUT2D eigenvalue weighted by molar-refractivity contribution is 7.80. The van der Waals surface area contributed by atoms with E-state index in [0.717, 1.165) is 16.8 Å². The normalized spacial score (nSPS) is 9.17. The minimum Gasteiger partial charge on any atom is -0.331 e. The molecule has 94 valence electrons. The van der Waals surface area contributed by atoms with Gasteiger partial charge in [0.15, 0.2) is 5.11 Å². The largest absolute Gasteiger partial charge is 0.331 e. The van der Waals surface area contributed by atoms with Gasteiger partial charge in [-0.15, -0.1) is 0 Å². The molecule has 5 nitrogen and oxygen atoms in total. The number of aryl methyl sites for hydroxylation is 2. The van der Waals surface area contributed by atoms with Crippen LogP contribution in [0.4, 0.5) is 5.69 Å². The molecule has 0 aromatic heterocycles. The predicted octanol–water partition coefficient (Wildman–Crippen LogP) is 1.53. The lowest BCUT2D eigenvalue weighted by Gasteiger charge is -2.14. The topological polar surface area (TPSA) is 76.9 Å². The van der Waals surface area contributed by atoms with Gasteiger partial charge in [-0.05, 0) is 37.2 Å². The fourth-order valence-electron chi connectivity index (χ4n) is 1.40. The van der Waals surface area contributed by atoms with E-state index in [1.165, 1.54) is 0 Å². The summed E-state index contributed by atoms with van der Waals surface area (Å²) in [5.74, 6) is -0.428. The summed E-state index contributed by atoms with van der Waals surface area (Å²) < 4.78 is 0. The van der Waals surface area contributed by atoms with Gasteiger partial charge in [0.1, 0.15) is 6.42 Å². The molecule has 0 radical (unpaired) electrons. The smallest absolute Gasteiger partial charge is 0.252 e. The fraction of sp³-hybridized carbons (Fsp3) is 0.250. The first-order valence-corrected chi connectivity index (χ1v) is 5.74. The summed E-state index contributed by atoms with van der Waals surface area (Å²) >= 11 is 5.04. The van der Waals surface area contributed by atoms with Crippen LogP contribution in [-0.4, -0.2) is 11.0 Å². The van der Waals surface area contributed by atoms with E-state index in [2.05, 4.69) is 16.2 Å². The number of benzene rings is 1. The third-order valence-electron chi connectivity index (χ3n) is 2.27. The molecule has 0 saturated heterocycles. The molecule has 0 unspecified atom stereocenters. The number of hydrogen-bond acceptors (Lipinski definition) is 3. The van der Waals surface area contributed by atoms with Crippen LogP contribution in [0.2, 0.25) is 0 Å². The van der Waals surface area contributed by atoms with Gasteiger partial charge >= 0.3 is 0 Å². The molecule has 1 aromatic rings. The molecule has 6 heteroatoms. The summed E-state index contributed by atoms with van der Waals surface area (Å²) in [6, 6.07) is 7.63. The molecule has 0 fully saturated rings. The number of nitrogens with one attached hydrogen (secondary N) is 3. The van der Waals surface area contributed by atoms with Crippen molar-refractivity contribution in [2.24, 2.45) is 0 Å². The van der Waals surface area contributed by atoms with Crippen LogP contribution in [0.5, 0.6) is 0 Å². The van der Waals surface area contributed by atoms with Gasteiger partial charge in [0.05, 0.1) is 6.07 Å². The van der Waals surface area contributed by atoms with Crippen LogP contribution in [0, 0.1) is 25.2 Å². The molecule has 1 amide bonds. The maximum atomic E-state index is 11.1. The fourth-order valence-corrected chi connectivity index (χ4v) is 1.55. The summed E-state index contributed by atoms with van der Waals surface area (Å²) in [5, 5.41) is 11.6. The number of hydrogen-bond donors (Lipinski definition) is 3. The molecule has 0 aliphatic rings. The van der Waals surface area contributed by atoms with Crippen molar-refractivity contribution in [2.75, 3.05) is 5.32 Å². The van der Waals surface area contributed by atoms with Crippen molar-refractivity contribution in [1.29, 1.82) is 5.26 Å². The van der Waals surface area contributed by atoms with E-state index in [4.69, 9.17) is 17.5 Å². The SMILES string of the molecule is Cc1cccc(C)c1NC(=S)NNC(=O)CC#N. The van der Waals surface area contributed by atoms with Gasteiger partial charge in [0.2, 0.25) is 0 Å². The van der Waals surface area contributed by atoms with Crippen LogP contribution in [0.3, 0.4) is 0 Å². The zero-order valence-corrected chi connectivity index (χ0v) is 11.0. The second-order valence-electron chi connectivity index (χ2n) is 3.73. The Morgan fingerprint density at radius 3 is 2.50 bits per heavy atom. The van der Waals surface area contributed by atoms with Gasteiger partial charge in [-0.2, -0.15) is 5.26 Å². The van der Waals surface area contributed by atoms with E-state index in [-0.39, 0.29) is 11.5 Å². The lowest BCUT2D eigenvalue weighted by Crippen LogP contribution is -2.43. The van der Waals surface area contributed by atoms with Crippen LogP contribution in [0.25, 0.3) is 0 Å². The average molecular weight is 262 g/mol. The van der Waals surface area contributed by atoms with Crippen LogP contribution in [-0.2, 0) is 4.79 Å². The number of nitrogens with zero attached hydrogens (tertiary/aromatic N) is 1. The van der Waals surface area contributed by atoms with Gasteiger partial charge in [-0.25, -0.2) is 0 Å². The minimum absolute atomic E-state index is 0.209. The van der Waals surface area contributed by atoms with Crippen molar-refractivity contribution < 1.29 is 4.79 Å². The summed E-state index contributed by atoms with van der Waals surface area (Å²) in [4.78, 5) is 11.1. The molecule has 1 rings (SSSR count). The van der Waals surface area contributed by atoms with Gasteiger partial charge in [-0.3, -0.25) is 15.6 Å². The van der Waals surface area contributed by atoms with Crippen LogP contribution in [0.1, 0.15) is 17.5 Å². The number of nitriles is 1. The van der Waals surface area contributed by atoms with Gasteiger partial charge in [0, 0.05) is 5.69 Å². The number of anilines is 1. The van der Waals surface area contributed by atoms with Gasteiger partial charge in [0.25, 0.3) is 5.91 Å². The van der Waals surface area contributed by atoms with Crippen molar-refractivity contribution in [3.63, 3.8) is 0 Å². The Labute approximate surface area is 111 Å². The zero-order valence-electron chi connectivity index (χ0n) is 10.2. The van der Waals surface area contributed by atoms with Crippen LogP contribution in [0.15, 0.2) is 18.2 Å². The number of hydrazine groups is 1.